The van der Waals surface area contributed by atoms with Gasteiger partial charge >= 0.3 is 0 Å². The van der Waals surface area contributed by atoms with E-state index in [1.807, 2.05) is 6.92 Å². The summed E-state index contributed by atoms with van der Waals surface area (Å²) in [5.41, 5.74) is -0.109. The SMILES string of the molecule is CCCS(=O)(=O)N1CCN(C2CCOC(CNC(=O)c3c(F)cccc3OC)C2)CC1. The zero-order valence-electron chi connectivity index (χ0n) is 18.2. The molecule has 0 radical (unpaired) electrons. The number of methoxy groups -OCH3 is 1. The molecule has 2 aliphatic heterocycles. The van der Waals surface area contributed by atoms with Crippen LogP contribution in [-0.2, 0) is 14.8 Å². The number of ether oxygens (including phenoxy) is 2. The number of amides is 1. The van der Waals surface area contributed by atoms with Gasteiger partial charge in [-0.25, -0.2) is 12.8 Å². The molecule has 2 atom stereocenters. The molecule has 10 heteroatoms. The Hall–Kier alpha value is -1.75. The second-order valence-corrected chi connectivity index (χ2v) is 10.0. The number of hydrogen-bond acceptors (Lipinski definition) is 6. The van der Waals surface area contributed by atoms with Crippen LogP contribution in [-0.4, -0.2) is 87.9 Å². The van der Waals surface area contributed by atoms with Crippen molar-refractivity contribution in [3.05, 3.63) is 29.6 Å². The van der Waals surface area contributed by atoms with Crippen molar-refractivity contribution in [1.82, 2.24) is 14.5 Å². The van der Waals surface area contributed by atoms with Gasteiger partial charge in [0, 0.05) is 45.4 Å². The second-order valence-electron chi connectivity index (χ2n) is 7.95. The predicted octanol–water partition coefficient (Wildman–Crippen LogP) is 1.47. The van der Waals surface area contributed by atoms with Crippen LogP contribution >= 0.6 is 0 Å². The van der Waals surface area contributed by atoms with Crippen molar-refractivity contribution < 1.29 is 27.1 Å². The maximum absolute atomic E-state index is 14.1. The molecule has 2 heterocycles. The highest BCUT2D eigenvalue weighted by Gasteiger charge is 2.32. The molecule has 1 amide bonds. The standard InChI is InChI=1S/C21H32FN3O5S/c1-3-13-31(27,28)25-10-8-24(9-11-25)16-7-12-30-17(14-16)15-23-21(26)20-18(22)5-4-6-19(20)29-2/h4-6,16-17H,3,7-15H2,1-2H3,(H,23,26). The molecule has 2 unspecified atom stereocenters. The molecule has 0 saturated carbocycles. The topological polar surface area (TPSA) is 88.2 Å². The van der Waals surface area contributed by atoms with Crippen LogP contribution in [0.1, 0.15) is 36.5 Å². The van der Waals surface area contributed by atoms with Crippen LogP contribution in [0.4, 0.5) is 4.39 Å². The summed E-state index contributed by atoms with van der Waals surface area (Å²) in [6.45, 7) is 5.12. The van der Waals surface area contributed by atoms with Crippen molar-refractivity contribution in [2.24, 2.45) is 0 Å². The first-order valence-electron chi connectivity index (χ1n) is 10.8. The second kappa shape index (κ2) is 10.7. The van der Waals surface area contributed by atoms with Gasteiger partial charge in [-0.1, -0.05) is 13.0 Å². The van der Waals surface area contributed by atoms with E-state index in [1.54, 1.807) is 10.4 Å². The Kier molecular flexibility index (Phi) is 8.26. The number of rotatable bonds is 8. The van der Waals surface area contributed by atoms with Crippen LogP contribution in [0.5, 0.6) is 5.75 Å². The number of piperazine rings is 1. The largest absolute Gasteiger partial charge is 0.496 e. The Morgan fingerprint density at radius 2 is 2.03 bits per heavy atom. The maximum Gasteiger partial charge on any atom is 0.258 e. The molecule has 31 heavy (non-hydrogen) atoms. The minimum Gasteiger partial charge on any atom is -0.496 e. The summed E-state index contributed by atoms with van der Waals surface area (Å²) in [5, 5.41) is 2.76. The van der Waals surface area contributed by atoms with E-state index in [2.05, 4.69) is 10.2 Å². The van der Waals surface area contributed by atoms with Crippen LogP contribution in [0.25, 0.3) is 0 Å². The van der Waals surface area contributed by atoms with Crippen molar-refractivity contribution >= 4 is 15.9 Å². The van der Waals surface area contributed by atoms with Crippen LogP contribution in [0.15, 0.2) is 18.2 Å². The minimum absolute atomic E-state index is 0.109. The number of nitrogens with one attached hydrogen (secondary N) is 1. The summed E-state index contributed by atoms with van der Waals surface area (Å²) in [6, 6.07) is 4.54. The van der Waals surface area contributed by atoms with Gasteiger partial charge in [-0.05, 0) is 31.4 Å². The first-order valence-corrected chi connectivity index (χ1v) is 12.4. The molecule has 1 aromatic rings. The summed E-state index contributed by atoms with van der Waals surface area (Å²) in [5.74, 6) is -0.778. The van der Waals surface area contributed by atoms with E-state index in [0.717, 1.165) is 12.8 Å². The number of halogens is 1. The zero-order valence-corrected chi connectivity index (χ0v) is 19.0. The molecule has 8 nitrogen and oxygen atoms in total. The average Bonchev–Trinajstić information content (AvgIpc) is 2.77. The van der Waals surface area contributed by atoms with Gasteiger partial charge in [0.2, 0.25) is 10.0 Å². The van der Waals surface area contributed by atoms with Crippen LogP contribution < -0.4 is 10.1 Å². The lowest BCUT2D eigenvalue weighted by molar-refractivity contribution is -0.0307. The van der Waals surface area contributed by atoms with Gasteiger partial charge in [0.15, 0.2) is 0 Å². The molecular weight excluding hydrogens is 425 g/mol. The number of sulfonamides is 1. The molecule has 3 rings (SSSR count). The third-order valence-electron chi connectivity index (χ3n) is 5.90. The minimum atomic E-state index is -3.16. The lowest BCUT2D eigenvalue weighted by Crippen LogP contribution is -2.54. The number of hydrogen-bond donors (Lipinski definition) is 1. The molecule has 2 fully saturated rings. The summed E-state index contributed by atoms with van der Waals surface area (Å²) >= 11 is 0. The first-order chi connectivity index (χ1) is 14.9. The highest BCUT2D eigenvalue weighted by atomic mass is 32.2. The Bertz CT molecular complexity index is 859. The van der Waals surface area contributed by atoms with Gasteiger partial charge in [0.1, 0.15) is 17.1 Å². The van der Waals surface area contributed by atoms with Crippen molar-refractivity contribution in [1.29, 1.82) is 0 Å². The molecule has 174 valence electrons. The molecule has 0 aromatic heterocycles. The molecule has 2 aliphatic rings. The zero-order chi connectivity index (χ0) is 22.4. The third-order valence-corrected chi connectivity index (χ3v) is 7.97. The van der Waals surface area contributed by atoms with E-state index in [9.17, 15) is 17.6 Å². The van der Waals surface area contributed by atoms with Crippen molar-refractivity contribution in [2.45, 2.75) is 38.3 Å². The average molecular weight is 458 g/mol. The van der Waals surface area contributed by atoms with Gasteiger partial charge in [0.05, 0.1) is 19.0 Å². The molecule has 2 saturated heterocycles. The molecule has 0 aliphatic carbocycles. The summed E-state index contributed by atoms with van der Waals surface area (Å²) in [7, 11) is -1.76. The Labute approximate surface area is 183 Å². The van der Waals surface area contributed by atoms with Gasteiger partial charge in [-0.2, -0.15) is 4.31 Å². The van der Waals surface area contributed by atoms with Crippen molar-refractivity contribution in [3.63, 3.8) is 0 Å². The molecule has 1 aromatic carbocycles. The monoisotopic (exact) mass is 457 g/mol. The summed E-state index contributed by atoms with van der Waals surface area (Å²) < 4.78 is 51.1. The predicted molar refractivity (Wildman–Crippen MR) is 115 cm³/mol. The smallest absolute Gasteiger partial charge is 0.258 e. The summed E-state index contributed by atoms with van der Waals surface area (Å²) in [6.07, 6.45) is 2.04. The summed E-state index contributed by atoms with van der Waals surface area (Å²) in [4.78, 5) is 14.8. The number of benzene rings is 1. The number of carbonyl (C=O) groups excluding carboxylic acids is 1. The third kappa shape index (κ3) is 5.94. The molecule has 1 N–H and O–H groups in total. The van der Waals surface area contributed by atoms with E-state index < -0.39 is 21.7 Å². The fourth-order valence-corrected chi connectivity index (χ4v) is 5.75. The van der Waals surface area contributed by atoms with Crippen molar-refractivity contribution in [3.8, 4) is 5.75 Å². The van der Waals surface area contributed by atoms with Crippen LogP contribution in [0.3, 0.4) is 0 Å². The van der Waals surface area contributed by atoms with Crippen LogP contribution in [0.2, 0.25) is 0 Å². The number of carbonyl (C=O) groups is 1. The Morgan fingerprint density at radius 3 is 2.71 bits per heavy atom. The first kappa shape index (κ1) is 23.9. The molecule has 0 spiro atoms. The van der Waals surface area contributed by atoms with Gasteiger partial charge in [-0.15, -0.1) is 0 Å². The van der Waals surface area contributed by atoms with E-state index in [-0.39, 0.29) is 35.8 Å². The lowest BCUT2D eigenvalue weighted by Gasteiger charge is -2.42. The number of nitrogens with zero attached hydrogens (tertiary/aromatic N) is 2. The molecule has 0 bridgehead atoms. The van der Waals surface area contributed by atoms with E-state index in [1.165, 1.54) is 19.2 Å². The van der Waals surface area contributed by atoms with Gasteiger partial charge < -0.3 is 14.8 Å². The Morgan fingerprint density at radius 1 is 1.29 bits per heavy atom. The van der Waals surface area contributed by atoms with Crippen LogP contribution in [0, 0.1) is 5.82 Å². The van der Waals surface area contributed by atoms with E-state index in [4.69, 9.17) is 9.47 Å². The maximum atomic E-state index is 14.1. The highest BCUT2D eigenvalue weighted by molar-refractivity contribution is 7.89. The van der Waals surface area contributed by atoms with Gasteiger partial charge in [-0.3, -0.25) is 9.69 Å². The van der Waals surface area contributed by atoms with Gasteiger partial charge in [0.25, 0.3) is 5.91 Å². The lowest BCUT2D eigenvalue weighted by atomic mass is 10.0. The normalized spacial score (nSPS) is 23.5. The van der Waals surface area contributed by atoms with E-state index >= 15 is 0 Å². The fraction of sp³-hybridized carbons (Fsp3) is 0.667. The quantitative estimate of drug-likeness (QED) is 0.636. The molecular formula is C21H32FN3O5S. The van der Waals surface area contributed by atoms with E-state index in [0.29, 0.717) is 39.2 Å². The fourth-order valence-electron chi connectivity index (χ4n) is 4.26. The Balaban J connectivity index is 1.51. The highest BCUT2D eigenvalue weighted by Crippen LogP contribution is 2.23. The van der Waals surface area contributed by atoms with Crippen molar-refractivity contribution in [2.75, 3.05) is 52.2 Å².